The second-order valence-electron chi connectivity index (χ2n) is 5.98. The molecule has 2 unspecified atom stereocenters. The first-order valence-corrected chi connectivity index (χ1v) is 7.28. The van der Waals surface area contributed by atoms with Gasteiger partial charge in [-0.05, 0) is 26.3 Å². The average Bonchev–Trinajstić information content (AvgIpc) is 3.10. The summed E-state index contributed by atoms with van der Waals surface area (Å²) in [5.41, 5.74) is 11.3. The number of nitrogen functional groups attached to an aromatic ring is 1. The molecule has 1 aromatic carbocycles. The monoisotopic (exact) mass is 286 g/mol. The Kier molecular flexibility index (Phi) is 2.49. The third-order valence-corrected chi connectivity index (χ3v) is 4.36. The number of nitrogens with zero attached hydrogens (tertiary/aromatic N) is 1. The quantitative estimate of drug-likeness (QED) is 0.872. The molecule has 0 amide bonds. The molecule has 0 fully saturated rings. The van der Waals surface area contributed by atoms with E-state index >= 15 is 0 Å². The molecule has 0 bridgehead atoms. The van der Waals surface area contributed by atoms with Gasteiger partial charge in [-0.3, -0.25) is 0 Å². The van der Waals surface area contributed by atoms with Crippen LogP contribution in [0.2, 0.25) is 0 Å². The molecular formula is C16H18N2O3. The molecule has 2 aliphatic rings. The standard InChI is InChI=1S/C16H18N2O3/c1-7-4-10-9(3)14-11(5-8(2)19-14)13(15(10)20-7)12-6-18-21-16(12)17/h6-8H,4-5,17H2,1-3H3. The van der Waals surface area contributed by atoms with Crippen molar-refractivity contribution >= 4 is 5.88 Å². The maximum absolute atomic E-state index is 6.08. The van der Waals surface area contributed by atoms with Crippen molar-refractivity contribution in [2.75, 3.05) is 5.73 Å². The van der Waals surface area contributed by atoms with E-state index in [1.165, 1.54) is 11.1 Å². The van der Waals surface area contributed by atoms with E-state index in [0.29, 0.717) is 5.88 Å². The molecule has 110 valence electrons. The maximum Gasteiger partial charge on any atom is 0.230 e. The first-order valence-electron chi connectivity index (χ1n) is 7.28. The fourth-order valence-corrected chi connectivity index (χ4v) is 3.45. The van der Waals surface area contributed by atoms with Crippen molar-refractivity contribution in [3.8, 4) is 22.6 Å². The van der Waals surface area contributed by atoms with Gasteiger partial charge in [0, 0.05) is 29.5 Å². The van der Waals surface area contributed by atoms with Gasteiger partial charge in [0.15, 0.2) is 0 Å². The first-order chi connectivity index (χ1) is 10.1. The minimum atomic E-state index is 0.165. The zero-order valence-corrected chi connectivity index (χ0v) is 12.4. The van der Waals surface area contributed by atoms with E-state index in [1.807, 2.05) is 0 Å². The predicted octanol–water partition coefficient (Wildman–Crippen LogP) is 2.88. The number of hydrogen-bond donors (Lipinski definition) is 1. The second kappa shape index (κ2) is 4.16. The fourth-order valence-electron chi connectivity index (χ4n) is 3.45. The summed E-state index contributed by atoms with van der Waals surface area (Å²) in [6.07, 6.45) is 3.73. The van der Waals surface area contributed by atoms with E-state index < -0.39 is 0 Å². The van der Waals surface area contributed by atoms with Gasteiger partial charge in [0.05, 0.1) is 11.8 Å². The van der Waals surface area contributed by atoms with Crippen LogP contribution < -0.4 is 15.2 Å². The number of hydrogen-bond acceptors (Lipinski definition) is 5. The summed E-state index contributed by atoms with van der Waals surface area (Å²) in [6.45, 7) is 6.27. The molecule has 5 nitrogen and oxygen atoms in total. The van der Waals surface area contributed by atoms with Crippen LogP contribution in [0.15, 0.2) is 10.7 Å². The van der Waals surface area contributed by atoms with E-state index in [9.17, 15) is 0 Å². The lowest BCUT2D eigenvalue weighted by molar-refractivity contribution is 0.252. The Morgan fingerprint density at radius 3 is 2.43 bits per heavy atom. The largest absolute Gasteiger partial charge is 0.490 e. The van der Waals surface area contributed by atoms with Crippen molar-refractivity contribution in [2.45, 2.75) is 45.8 Å². The highest BCUT2D eigenvalue weighted by Crippen LogP contribution is 2.51. The summed E-state index contributed by atoms with van der Waals surface area (Å²) in [5, 5.41) is 3.81. The Bertz CT molecular complexity index is 696. The average molecular weight is 286 g/mol. The zero-order valence-electron chi connectivity index (χ0n) is 12.4. The van der Waals surface area contributed by atoms with Crippen LogP contribution in [0.25, 0.3) is 11.1 Å². The Labute approximate surface area is 123 Å². The Morgan fingerprint density at radius 2 is 1.76 bits per heavy atom. The Hall–Kier alpha value is -2.17. The van der Waals surface area contributed by atoms with Gasteiger partial charge in [0.2, 0.25) is 5.88 Å². The molecule has 0 saturated heterocycles. The molecule has 4 rings (SSSR count). The number of rotatable bonds is 1. The molecule has 0 aliphatic carbocycles. The molecule has 1 aromatic heterocycles. The molecule has 5 heteroatoms. The molecule has 2 N–H and O–H groups in total. The number of ether oxygens (including phenoxy) is 2. The summed E-state index contributed by atoms with van der Waals surface area (Å²) in [7, 11) is 0. The first kappa shape index (κ1) is 12.6. The van der Waals surface area contributed by atoms with E-state index in [0.717, 1.165) is 41.0 Å². The van der Waals surface area contributed by atoms with Crippen LogP contribution in [0.5, 0.6) is 11.5 Å². The highest BCUT2D eigenvalue weighted by Gasteiger charge is 2.35. The topological polar surface area (TPSA) is 70.5 Å². The van der Waals surface area contributed by atoms with Crippen molar-refractivity contribution in [1.82, 2.24) is 5.16 Å². The van der Waals surface area contributed by atoms with E-state index in [4.69, 9.17) is 19.7 Å². The van der Waals surface area contributed by atoms with Crippen molar-refractivity contribution in [3.05, 3.63) is 22.9 Å². The molecule has 2 aromatic rings. The van der Waals surface area contributed by atoms with Crippen LogP contribution in [0, 0.1) is 6.92 Å². The maximum atomic E-state index is 6.08. The lowest BCUT2D eigenvalue weighted by atomic mass is 9.91. The molecule has 0 radical (unpaired) electrons. The van der Waals surface area contributed by atoms with Crippen molar-refractivity contribution < 1.29 is 14.0 Å². The summed E-state index contributed by atoms with van der Waals surface area (Å²) in [5.74, 6) is 2.23. The number of benzene rings is 1. The highest BCUT2D eigenvalue weighted by molar-refractivity contribution is 5.85. The molecular weight excluding hydrogens is 268 g/mol. The summed E-state index contributed by atoms with van der Waals surface area (Å²) < 4.78 is 17.2. The van der Waals surface area contributed by atoms with Gasteiger partial charge in [-0.1, -0.05) is 5.16 Å². The van der Waals surface area contributed by atoms with Crippen LogP contribution >= 0.6 is 0 Å². The van der Waals surface area contributed by atoms with Crippen LogP contribution in [0.3, 0.4) is 0 Å². The number of aromatic nitrogens is 1. The van der Waals surface area contributed by atoms with Gasteiger partial charge in [0.25, 0.3) is 0 Å². The Balaban J connectivity index is 2.04. The van der Waals surface area contributed by atoms with Gasteiger partial charge in [-0.25, -0.2) is 0 Å². The molecule has 21 heavy (non-hydrogen) atoms. The summed E-state index contributed by atoms with van der Waals surface area (Å²) in [6, 6.07) is 0. The van der Waals surface area contributed by atoms with E-state index in [-0.39, 0.29) is 12.2 Å². The van der Waals surface area contributed by atoms with Gasteiger partial charge >= 0.3 is 0 Å². The molecule has 0 saturated carbocycles. The normalized spacial score (nSPS) is 22.6. The van der Waals surface area contributed by atoms with E-state index in [2.05, 4.69) is 25.9 Å². The van der Waals surface area contributed by atoms with Crippen LogP contribution in [-0.4, -0.2) is 17.4 Å². The third-order valence-electron chi connectivity index (χ3n) is 4.36. The number of anilines is 1. The van der Waals surface area contributed by atoms with Crippen molar-refractivity contribution in [1.29, 1.82) is 0 Å². The minimum Gasteiger partial charge on any atom is -0.490 e. The molecule has 2 atom stereocenters. The van der Waals surface area contributed by atoms with Gasteiger partial charge < -0.3 is 19.7 Å². The predicted molar refractivity (Wildman–Crippen MR) is 78.7 cm³/mol. The highest BCUT2D eigenvalue weighted by atomic mass is 16.5. The van der Waals surface area contributed by atoms with Crippen LogP contribution in [0.4, 0.5) is 5.88 Å². The van der Waals surface area contributed by atoms with Crippen molar-refractivity contribution in [2.24, 2.45) is 0 Å². The lowest BCUT2D eigenvalue weighted by Crippen LogP contribution is -2.07. The third kappa shape index (κ3) is 1.66. The van der Waals surface area contributed by atoms with Crippen LogP contribution in [-0.2, 0) is 12.8 Å². The Morgan fingerprint density at radius 1 is 1.10 bits per heavy atom. The molecule has 3 heterocycles. The SMILES string of the molecule is Cc1c2c(c(-c3cnoc3N)c3c1OC(C)C3)OC(C)C2. The van der Waals surface area contributed by atoms with E-state index in [1.54, 1.807) is 6.20 Å². The summed E-state index contributed by atoms with van der Waals surface area (Å²) in [4.78, 5) is 0. The van der Waals surface area contributed by atoms with Gasteiger partial charge in [0.1, 0.15) is 23.7 Å². The smallest absolute Gasteiger partial charge is 0.230 e. The van der Waals surface area contributed by atoms with Gasteiger partial charge in [-0.15, -0.1) is 0 Å². The lowest BCUT2D eigenvalue weighted by Gasteiger charge is -2.15. The van der Waals surface area contributed by atoms with Crippen LogP contribution in [0.1, 0.15) is 30.5 Å². The van der Waals surface area contributed by atoms with Gasteiger partial charge in [-0.2, -0.15) is 0 Å². The number of fused-ring (bicyclic) bond motifs is 2. The van der Waals surface area contributed by atoms with Crippen molar-refractivity contribution in [3.63, 3.8) is 0 Å². The molecule has 0 spiro atoms. The fraction of sp³-hybridized carbons (Fsp3) is 0.438. The second-order valence-corrected chi connectivity index (χ2v) is 5.98. The number of nitrogens with two attached hydrogens (primary N) is 1. The zero-order chi connectivity index (χ0) is 14.7. The summed E-state index contributed by atoms with van der Waals surface area (Å²) >= 11 is 0. The molecule has 2 aliphatic heterocycles. The minimum absolute atomic E-state index is 0.165.